The molecule has 0 aliphatic carbocycles. The van der Waals surface area contributed by atoms with Crippen LogP contribution in [0.5, 0.6) is 0 Å². The summed E-state index contributed by atoms with van der Waals surface area (Å²) in [7, 11) is 0. The molecule has 52 heavy (non-hydrogen) atoms. The number of primary amides is 1. The van der Waals surface area contributed by atoms with Crippen LogP contribution in [0.15, 0.2) is 48.5 Å². The molecule has 4 aromatic heterocycles. The number of aromatic nitrogens is 8. The van der Waals surface area contributed by atoms with E-state index in [1.807, 2.05) is 42.9 Å². The molecule has 17 heteroatoms. The van der Waals surface area contributed by atoms with Crippen LogP contribution in [0, 0.1) is 13.8 Å². The first kappa shape index (κ1) is 35.5. The van der Waals surface area contributed by atoms with Crippen molar-refractivity contribution < 1.29 is 24.3 Å². The van der Waals surface area contributed by atoms with Crippen LogP contribution >= 0.6 is 0 Å². The molecule has 2 aromatic carbocycles. The van der Waals surface area contributed by atoms with Gasteiger partial charge in [-0.3, -0.25) is 39.2 Å². The Morgan fingerprint density at radius 3 is 1.88 bits per heavy atom. The molecular formula is C35H40N12O5. The third-order valence-corrected chi connectivity index (χ3v) is 8.56. The minimum atomic E-state index is -0.696. The molecule has 0 radical (unpaired) electrons. The fraction of sp³-hybridized carbons (Fsp3) is 0.314. The zero-order valence-corrected chi connectivity index (χ0v) is 29.3. The van der Waals surface area contributed by atoms with Crippen LogP contribution in [0.1, 0.15) is 69.4 Å². The summed E-state index contributed by atoms with van der Waals surface area (Å²) in [5.41, 5.74) is 10.7. The average Bonchev–Trinajstić information content (AvgIpc) is 3.89. The molecule has 6 aromatic rings. The third kappa shape index (κ3) is 7.11. The number of rotatable bonds is 14. The van der Waals surface area contributed by atoms with Crippen molar-refractivity contribution in [3.63, 3.8) is 0 Å². The van der Waals surface area contributed by atoms with E-state index in [1.54, 1.807) is 51.8 Å². The third-order valence-electron chi connectivity index (χ3n) is 8.56. The summed E-state index contributed by atoms with van der Waals surface area (Å²) in [6.45, 7) is 8.60. The Kier molecular flexibility index (Phi) is 10.1. The van der Waals surface area contributed by atoms with Crippen molar-refractivity contribution in [1.29, 1.82) is 0 Å². The summed E-state index contributed by atoms with van der Waals surface area (Å²) >= 11 is 0. The molecule has 6 N–H and O–H groups in total. The largest absolute Gasteiger partial charge is 0.387 e. The van der Waals surface area contributed by atoms with Crippen LogP contribution in [-0.2, 0) is 31.0 Å². The van der Waals surface area contributed by atoms with Gasteiger partial charge in [0.1, 0.15) is 23.5 Å². The second-order valence-corrected chi connectivity index (χ2v) is 12.2. The highest BCUT2D eigenvalue weighted by Crippen LogP contribution is 2.28. The quantitative estimate of drug-likeness (QED) is 0.104. The highest BCUT2D eigenvalue weighted by molar-refractivity contribution is 6.05. The number of imidazole rings is 2. The first-order valence-electron chi connectivity index (χ1n) is 16.9. The molecule has 17 nitrogen and oxygen atoms in total. The number of aliphatic hydroxyl groups is 1. The number of nitrogens with zero attached hydrogens (tertiary/aromatic N) is 8. The van der Waals surface area contributed by atoms with Gasteiger partial charge in [0.15, 0.2) is 0 Å². The van der Waals surface area contributed by atoms with Crippen LogP contribution < -0.4 is 21.7 Å². The molecule has 0 saturated carbocycles. The molecule has 0 aliphatic heterocycles. The van der Waals surface area contributed by atoms with Gasteiger partial charge in [0, 0.05) is 31.7 Å². The number of carbonyl (C=O) groups is 4. The predicted octanol–water partition coefficient (Wildman–Crippen LogP) is 3.45. The average molecular weight is 709 g/mol. The monoisotopic (exact) mass is 708 g/mol. The first-order chi connectivity index (χ1) is 25.0. The van der Waals surface area contributed by atoms with Gasteiger partial charge in [-0.2, -0.15) is 10.2 Å². The molecule has 4 amide bonds. The van der Waals surface area contributed by atoms with Gasteiger partial charge < -0.3 is 25.3 Å². The number of nitrogens with one attached hydrogen (secondary N) is 3. The molecule has 270 valence electrons. The summed E-state index contributed by atoms with van der Waals surface area (Å²) in [5.74, 6) is -1.37. The number of benzene rings is 2. The van der Waals surface area contributed by atoms with E-state index in [9.17, 15) is 24.3 Å². The number of anilines is 3. The molecular weight excluding hydrogens is 668 g/mol. The van der Waals surface area contributed by atoms with Crippen LogP contribution in [0.25, 0.3) is 22.1 Å². The summed E-state index contributed by atoms with van der Waals surface area (Å²) in [6.07, 6.45) is 1.20. The second-order valence-electron chi connectivity index (χ2n) is 12.2. The van der Waals surface area contributed by atoms with E-state index in [0.717, 1.165) is 0 Å². The lowest BCUT2D eigenvalue weighted by atomic mass is 10.2. The maximum atomic E-state index is 13.5. The Hall–Kier alpha value is -6.36. The van der Waals surface area contributed by atoms with Crippen molar-refractivity contribution >= 4 is 63.3 Å². The standard InChI is InChI=1S/C35H40N12O5/c1-5-46-27(16-20(3)42-46)32(51)40-34-38-24-18-22(31(36)50)12-13-25(24)44(34)14-7-8-15-45-26-11-9-10-23(37-29(49)19-48)30(26)39-35(45)41-33(52)28-17-21(4)43-47(28)6-2/h9-13,16-18,48H,5-8,14-15,19H2,1-4H3,(H2,36,50)(H,37,49)(H,38,40,51)(H,39,41,52). The van der Waals surface area contributed by atoms with Gasteiger partial charge in [-0.1, -0.05) is 6.07 Å². The highest BCUT2D eigenvalue weighted by atomic mass is 16.3. The topological polar surface area (TPSA) is 222 Å². The van der Waals surface area contributed by atoms with Crippen molar-refractivity contribution in [2.45, 2.75) is 66.7 Å². The maximum absolute atomic E-state index is 13.5. The molecule has 0 unspecified atom stereocenters. The lowest BCUT2D eigenvalue weighted by molar-refractivity contribution is -0.118. The zero-order valence-electron chi connectivity index (χ0n) is 29.3. The Morgan fingerprint density at radius 1 is 0.750 bits per heavy atom. The molecule has 0 fully saturated rings. The number of hydrogen-bond acceptors (Lipinski definition) is 9. The van der Waals surface area contributed by atoms with E-state index in [2.05, 4.69) is 31.1 Å². The molecule has 0 aliphatic rings. The van der Waals surface area contributed by atoms with E-state index in [4.69, 9.17) is 10.7 Å². The van der Waals surface area contributed by atoms with Crippen LogP contribution in [0.3, 0.4) is 0 Å². The van der Waals surface area contributed by atoms with E-state index >= 15 is 0 Å². The number of hydrogen-bond donors (Lipinski definition) is 5. The van der Waals surface area contributed by atoms with Gasteiger partial charge in [-0.25, -0.2) is 9.97 Å². The molecule has 4 heterocycles. The SMILES string of the molecule is CCn1nc(C)cc1C(=O)Nc1nc2cc(C(N)=O)ccc2n1CCCCn1c(NC(=O)c2cc(C)nn2CC)nc2c(NC(=O)CO)cccc21. The van der Waals surface area contributed by atoms with Crippen molar-refractivity contribution in [3.05, 3.63) is 76.9 Å². The van der Waals surface area contributed by atoms with Gasteiger partial charge in [0.2, 0.25) is 23.7 Å². The normalized spacial score (nSPS) is 11.3. The van der Waals surface area contributed by atoms with E-state index in [-0.39, 0.29) is 17.8 Å². The van der Waals surface area contributed by atoms with Crippen molar-refractivity contribution in [2.75, 3.05) is 22.6 Å². The maximum Gasteiger partial charge on any atom is 0.276 e. The molecule has 6 rings (SSSR count). The van der Waals surface area contributed by atoms with Crippen molar-refractivity contribution in [1.82, 2.24) is 38.7 Å². The van der Waals surface area contributed by atoms with Gasteiger partial charge >= 0.3 is 0 Å². The van der Waals surface area contributed by atoms with Gasteiger partial charge in [0.05, 0.1) is 33.6 Å². The number of aryl methyl sites for hydroxylation is 6. The lowest BCUT2D eigenvalue weighted by Gasteiger charge is -2.13. The minimum Gasteiger partial charge on any atom is -0.387 e. The fourth-order valence-corrected chi connectivity index (χ4v) is 6.17. The van der Waals surface area contributed by atoms with Crippen LogP contribution in [-0.4, -0.2) is 74.0 Å². The Morgan fingerprint density at radius 2 is 1.33 bits per heavy atom. The van der Waals surface area contributed by atoms with E-state index < -0.39 is 18.4 Å². The lowest BCUT2D eigenvalue weighted by Crippen LogP contribution is -2.20. The van der Waals surface area contributed by atoms with E-state index in [1.165, 1.54) is 0 Å². The number of carbonyl (C=O) groups excluding carboxylic acids is 4. The van der Waals surface area contributed by atoms with Gasteiger partial charge in [0.25, 0.3) is 11.8 Å². The Balaban J connectivity index is 1.28. The fourth-order valence-electron chi connectivity index (χ4n) is 6.17. The smallest absolute Gasteiger partial charge is 0.276 e. The Bertz CT molecular complexity index is 2330. The number of fused-ring (bicyclic) bond motifs is 2. The summed E-state index contributed by atoms with van der Waals surface area (Å²) < 4.78 is 6.97. The van der Waals surface area contributed by atoms with E-state index in [0.29, 0.717) is 101 Å². The summed E-state index contributed by atoms with van der Waals surface area (Å²) in [6, 6.07) is 13.6. The van der Waals surface area contributed by atoms with Crippen LogP contribution in [0.2, 0.25) is 0 Å². The number of aliphatic hydroxyl groups excluding tert-OH is 1. The Labute approximate surface area is 297 Å². The molecule has 0 atom stereocenters. The van der Waals surface area contributed by atoms with Crippen molar-refractivity contribution in [2.24, 2.45) is 5.73 Å². The predicted molar refractivity (Wildman–Crippen MR) is 194 cm³/mol. The first-order valence-corrected chi connectivity index (χ1v) is 16.9. The number of unbranched alkanes of at least 4 members (excludes halogenated alkanes) is 1. The molecule has 0 spiro atoms. The van der Waals surface area contributed by atoms with Gasteiger partial charge in [-0.05, 0) is 83.0 Å². The summed E-state index contributed by atoms with van der Waals surface area (Å²) in [5, 5.41) is 26.6. The molecule has 0 saturated heterocycles. The van der Waals surface area contributed by atoms with Crippen LogP contribution in [0.4, 0.5) is 17.6 Å². The minimum absolute atomic E-state index is 0.273. The zero-order chi connectivity index (χ0) is 37.1. The number of nitrogens with two attached hydrogens (primary N) is 1. The van der Waals surface area contributed by atoms with Crippen molar-refractivity contribution in [3.8, 4) is 0 Å². The highest BCUT2D eigenvalue weighted by Gasteiger charge is 2.22. The van der Waals surface area contributed by atoms with Gasteiger partial charge in [-0.15, -0.1) is 0 Å². The molecule has 0 bridgehead atoms. The number of amides is 4. The summed E-state index contributed by atoms with van der Waals surface area (Å²) in [4.78, 5) is 60.3. The second kappa shape index (κ2) is 14.9. The number of para-hydroxylation sites is 1.